The Morgan fingerprint density at radius 2 is 1.91 bits per heavy atom. The number of benzene rings is 2. The number of thiocarbonyl (C=S) groups is 1. The average Bonchev–Trinajstić information content (AvgIpc) is 3.38. The van der Waals surface area contributed by atoms with Gasteiger partial charge in [-0.1, -0.05) is 65.8 Å². The molecule has 0 spiro atoms. The molecule has 2 unspecified atom stereocenters. The third kappa shape index (κ3) is 4.22. The molecule has 5 nitrogen and oxygen atoms in total. The average molecular weight is 502 g/mol. The van der Waals surface area contributed by atoms with Crippen molar-refractivity contribution in [1.29, 1.82) is 0 Å². The highest BCUT2D eigenvalue weighted by atomic mass is 35.5. The van der Waals surface area contributed by atoms with Gasteiger partial charge in [-0.25, -0.2) is 5.48 Å². The summed E-state index contributed by atoms with van der Waals surface area (Å²) >= 11 is 17.2. The summed E-state index contributed by atoms with van der Waals surface area (Å²) in [4.78, 5) is 21.0. The summed E-state index contributed by atoms with van der Waals surface area (Å²) in [5.74, 6) is -0.324. The maximum atomic E-state index is 14.2. The van der Waals surface area contributed by atoms with Crippen LogP contribution < -0.4 is 10.8 Å². The number of nitrogens with one attached hydrogen (secondary N) is 2. The van der Waals surface area contributed by atoms with E-state index >= 15 is 0 Å². The number of rotatable bonds is 4. The lowest BCUT2D eigenvalue weighted by molar-refractivity contribution is -0.183. The lowest BCUT2D eigenvalue weighted by Crippen LogP contribution is -2.43. The number of aliphatic imine (C=N–C) groups is 1. The topological polar surface area (TPSA) is 62.7 Å². The molecule has 2 aliphatic rings. The van der Waals surface area contributed by atoms with E-state index in [1.54, 1.807) is 24.3 Å². The summed E-state index contributed by atoms with van der Waals surface area (Å²) in [5, 5.41) is 3.14. The molecule has 0 bridgehead atoms. The fourth-order valence-corrected chi connectivity index (χ4v) is 4.24. The second-order valence-corrected chi connectivity index (χ2v) is 8.75. The molecule has 4 rings (SSSR count). The summed E-state index contributed by atoms with van der Waals surface area (Å²) in [6.07, 6.45) is -4.86. The predicted molar refractivity (Wildman–Crippen MR) is 119 cm³/mol. The number of amides is 1. The third-order valence-electron chi connectivity index (χ3n) is 5.55. The van der Waals surface area contributed by atoms with Crippen molar-refractivity contribution < 1.29 is 22.8 Å². The van der Waals surface area contributed by atoms with Gasteiger partial charge in [0.1, 0.15) is 23.1 Å². The monoisotopic (exact) mass is 501 g/mol. The maximum Gasteiger partial charge on any atom is 0.400 e. The first kappa shape index (κ1) is 23.0. The van der Waals surface area contributed by atoms with Crippen molar-refractivity contribution in [2.24, 2.45) is 4.99 Å². The zero-order valence-electron chi connectivity index (χ0n) is 16.3. The van der Waals surface area contributed by atoms with Crippen LogP contribution in [-0.4, -0.2) is 42.0 Å². The minimum atomic E-state index is -4.54. The van der Waals surface area contributed by atoms with E-state index in [9.17, 15) is 18.0 Å². The summed E-state index contributed by atoms with van der Waals surface area (Å²) in [7, 11) is 0. The molecule has 2 N–H and O–H groups in total. The molecule has 2 heterocycles. The summed E-state index contributed by atoms with van der Waals surface area (Å²) in [5.41, 5.74) is 1.59. The number of halogens is 5. The normalized spacial score (nSPS) is 23.1. The van der Waals surface area contributed by atoms with Crippen molar-refractivity contribution >= 4 is 52.0 Å². The number of hydroxylamine groups is 1. The van der Waals surface area contributed by atoms with Gasteiger partial charge in [-0.05, 0) is 23.3 Å². The van der Waals surface area contributed by atoms with Gasteiger partial charge in [0, 0.05) is 17.7 Å². The first-order valence-electron chi connectivity index (χ1n) is 9.49. The molecule has 0 saturated carbocycles. The molecule has 2 atom stereocenters. The van der Waals surface area contributed by atoms with Gasteiger partial charge in [0.2, 0.25) is 0 Å². The molecule has 1 saturated heterocycles. The quantitative estimate of drug-likeness (QED) is 0.610. The van der Waals surface area contributed by atoms with Gasteiger partial charge in [0.15, 0.2) is 0 Å². The van der Waals surface area contributed by atoms with Gasteiger partial charge in [-0.15, -0.1) is 0 Å². The number of nitrogens with zero attached hydrogens (tertiary/aromatic N) is 1. The van der Waals surface area contributed by atoms with Crippen molar-refractivity contribution in [3.63, 3.8) is 0 Å². The standard InChI is InChI=1S/C21H16Cl2F3N3O2S/c22-14-6-5-13(7-15(14)23)20(21(24,25)26)8-16(27-10-20)11-1-3-12(4-2-11)19(32)28-17-9-31-29-18(17)30/h1-7,17H,8-10H2,(H,28,32)(H,29,30). The number of hydrogen-bond acceptors (Lipinski definition) is 4. The van der Waals surface area contributed by atoms with E-state index in [0.717, 1.165) is 0 Å². The van der Waals surface area contributed by atoms with Gasteiger partial charge < -0.3 is 5.32 Å². The molecule has 0 aliphatic carbocycles. The maximum absolute atomic E-state index is 14.2. The van der Waals surface area contributed by atoms with Crippen LogP contribution >= 0.6 is 35.4 Å². The first-order chi connectivity index (χ1) is 15.1. The van der Waals surface area contributed by atoms with E-state index in [4.69, 9.17) is 40.3 Å². The molecular weight excluding hydrogens is 486 g/mol. The van der Waals surface area contributed by atoms with Crippen molar-refractivity contribution in [1.82, 2.24) is 10.8 Å². The van der Waals surface area contributed by atoms with Gasteiger partial charge in [0.05, 0.1) is 16.6 Å². The predicted octanol–water partition coefficient (Wildman–Crippen LogP) is 4.38. The van der Waals surface area contributed by atoms with Crippen LogP contribution in [0.4, 0.5) is 13.2 Å². The smallest absolute Gasteiger partial charge is 0.362 e. The molecule has 1 fully saturated rings. The molecular formula is C21H16Cl2F3N3O2S. The van der Waals surface area contributed by atoms with Crippen molar-refractivity contribution in [2.75, 3.05) is 13.2 Å². The van der Waals surface area contributed by atoms with Crippen LogP contribution in [0.5, 0.6) is 0 Å². The van der Waals surface area contributed by atoms with E-state index in [0.29, 0.717) is 21.8 Å². The Morgan fingerprint density at radius 1 is 1.19 bits per heavy atom. The largest absolute Gasteiger partial charge is 0.400 e. The highest BCUT2D eigenvalue weighted by molar-refractivity contribution is 7.80. The Balaban J connectivity index is 1.54. The van der Waals surface area contributed by atoms with Crippen LogP contribution in [0.2, 0.25) is 10.0 Å². The van der Waals surface area contributed by atoms with Gasteiger partial charge in [-0.3, -0.25) is 14.6 Å². The zero-order valence-corrected chi connectivity index (χ0v) is 18.6. The lowest BCUT2D eigenvalue weighted by Gasteiger charge is -2.31. The number of carbonyl (C=O) groups is 1. The number of hydrogen-bond donors (Lipinski definition) is 2. The highest BCUT2D eigenvalue weighted by Gasteiger charge is 2.58. The fraction of sp³-hybridized carbons (Fsp3) is 0.286. The SMILES string of the molecule is O=C1NOCC1NC(=S)c1ccc(C2=NCC(c3ccc(Cl)c(Cl)c3)(C(F)(F)F)C2)cc1. The summed E-state index contributed by atoms with van der Waals surface area (Å²) in [6.45, 7) is -0.301. The van der Waals surface area contributed by atoms with Crippen molar-refractivity contribution in [3.05, 3.63) is 69.2 Å². The van der Waals surface area contributed by atoms with E-state index in [1.165, 1.54) is 18.2 Å². The molecule has 2 aliphatic heterocycles. The Labute approximate surface area is 196 Å². The summed E-state index contributed by atoms with van der Waals surface area (Å²) < 4.78 is 42.6. The second-order valence-electron chi connectivity index (χ2n) is 7.53. The molecule has 2 aromatic rings. The van der Waals surface area contributed by atoms with E-state index < -0.39 is 24.2 Å². The van der Waals surface area contributed by atoms with Crippen LogP contribution in [0.15, 0.2) is 47.5 Å². The lowest BCUT2D eigenvalue weighted by atomic mass is 9.76. The minimum absolute atomic E-state index is 0.0252. The van der Waals surface area contributed by atoms with E-state index in [-0.39, 0.29) is 34.5 Å². The Morgan fingerprint density at radius 3 is 2.50 bits per heavy atom. The molecule has 2 aromatic carbocycles. The van der Waals surface area contributed by atoms with Crippen molar-refractivity contribution in [2.45, 2.75) is 24.1 Å². The van der Waals surface area contributed by atoms with Crippen LogP contribution in [0.3, 0.4) is 0 Å². The molecule has 168 valence electrons. The zero-order chi connectivity index (χ0) is 23.1. The number of alkyl halides is 3. The van der Waals surface area contributed by atoms with Crippen LogP contribution in [-0.2, 0) is 15.0 Å². The van der Waals surface area contributed by atoms with E-state index in [2.05, 4.69) is 15.8 Å². The Kier molecular flexibility index (Phi) is 6.19. The second kappa shape index (κ2) is 8.62. The molecule has 0 aromatic heterocycles. The molecule has 1 amide bonds. The number of carbonyl (C=O) groups excluding carboxylic acids is 1. The van der Waals surface area contributed by atoms with E-state index in [1.807, 2.05) is 0 Å². The molecule has 11 heteroatoms. The molecule has 32 heavy (non-hydrogen) atoms. The van der Waals surface area contributed by atoms with Crippen molar-refractivity contribution in [3.8, 4) is 0 Å². The Bertz CT molecular complexity index is 1110. The van der Waals surface area contributed by atoms with Crippen LogP contribution in [0.25, 0.3) is 0 Å². The van der Waals surface area contributed by atoms with Gasteiger partial charge in [-0.2, -0.15) is 13.2 Å². The van der Waals surface area contributed by atoms with Crippen LogP contribution in [0, 0.1) is 0 Å². The van der Waals surface area contributed by atoms with Gasteiger partial charge >= 0.3 is 6.18 Å². The highest BCUT2D eigenvalue weighted by Crippen LogP contribution is 2.48. The third-order valence-corrected chi connectivity index (χ3v) is 6.64. The van der Waals surface area contributed by atoms with Gasteiger partial charge in [0.25, 0.3) is 5.91 Å². The molecule has 0 radical (unpaired) electrons. The Hall–Kier alpha value is -2.20. The fourth-order valence-electron chi connectivity index (χ4n) is 3.67. The minimum Gasteiger partial charge on any atom is -0.362 e. The van der Waals surface area contributed by atoms with Crippen LogP contribution in [0.1, 0.15) is 23.1 Å². The first-order valence-corrected chi connectivity index (χ1v) is 10.7. The summed E-state index contributed by atoms with van der Waals surface area (Å²) in [6, 6.07) is 10.0.